The molecule has 0 aliphatic heterocycles. The molecule has 5 heteroatoms. The minimum absolute atomic E-state index is 0.0168. The zero-order valence-electron chi connectivity index (χ0n) is 11.0. The highest BCUT2D eigenvalue weighted by Gasteiger charge is 2.25. The Labute approximate surface area is 116 Å². The first-order valence-corrected chi connectivity index (χ1v) is 7.74. The molecule has 2 heterocycles. The van der Waals surface area contributed by atoms with E-state index in [9.17, 15) is 0 Å². The van der Waals surface area contributed by atoms with E-state index in [1.165, 1.54) is 16.4 Å². The fraction of sp³-hybridized carbons (Fsp3) is 0.538. The molecule has 0 aromatic carbocycles. The molecule has 2 aromatic heterocycles. The molecule has 0 radical (unpaired) electrons. The summed E-state index contributed by atoms with van der Waals surface area (Å²) in [6.07, 6.45) is 1.98. The van der Waals surface area contributed by atoms with Gasteiger partial charge in [0, 0.05) is 16.3 Å². The van der Waals surface area contributed by atoms with Crippen LogP contribution < -0.4 is 5.73 Å². The van der Waals surface area contributed by atoms with E-state index in [4.69, 9.17) is 5.73 Å². The minimum Gasteiger partial charge on any atom is -0.323 e. The molecule has 2 aromatic rings. The van der Waals surface area contributed by atoms with Crippen molar-refractivity contribution >= 4 is 22.9 Å². The number of aryl methyl sites for hydroxylation is 1. The van der Waals surface area contributed by atoms with Crippen molar-refractivity contribution in [2.24, 2.45) is 5.73 Å². The molecule has 0 amide bonds. The van der Waals surface area contributed by atoms with E-state index in [1.807, 2.05) is 0 Å². The molecule has 1 atom stereocenters. The molecule has 0 aliphatic rings. The van der Waals surface area contributed by atoms with Crippen molar-refractivity contribution in [3.63, 3.8) is 0 Å². The Morgan fingerprint density at radius 2 is 2.17 bits per heavy atom. The maximum Gasteiger partial charge on any atom is 0.0856 e. The second-order valence-electron chi connectivity index (χ2n) is 5.46. The molecule has 3 nitrogen and oxygen atoms in total. The highest BCUT2D eigenvalue weighted by molar-refractivity contribution is 7.09. The van der Waals surface area contributed by atoms with Crippen LogP contribution in [0.25, 0.3) is 0 Å². The van der Waals surface area contributed by atoms with Crippen LogP contribution in [0.2, 0.25) is 0 Å². The van der Waals surface area contributed by atoms with E-state index in [0.29, 0.717) is 0 Å². The lowest BCUT2D eigenvalue weighted by molar-refractivity contribution is 0.545. The third kappa shape index (κ3) is 3.16. The fourth-order valence-electron chi connectivity index (χ4n) is 1.84. The largest absolute Gasteiger partial charge is 0.323 e. The maximum atomic E-state index is 6.29. The van der Waals surface area contributed by atoms with Gasteiger partial charge in [-0.2, -0.15) is 0 Å². The number of hydrogen-bond donors (Lipinski definition) is 1. The summed E-state index contributed by atoms with van der Waals surface area (Å²) in [4.78, 5) is 2.53. The highest BCUT2D eigenvalue weighted by Crippen LogP contribution is 2.31. The first-order valence-electron chi connectivity index (χ1n) is 6.09. The Balaban J connectivity index is 2.05. The second kappa shape index (κ2) is 5.47. The maximum absolute atomic E-state index is 6.29. The summed E-state index contributed by atoms with van der Waals surface area (Å²) < 4.78 is 4.07. The van der Waals surface area contributed by atoms with Crippen molar-refractivity contribution in [2.45, 2.75) is 45.1 Å². The van der Waals surface area contributed by atoms with Gasteiger partial charge < -0.3 is 5.73 Å². The summed E-state index contributed by atoms with van der Waals surface area (Å²) in [6.45, 7) is 6.46. The van der Waals surface area contributed by atoms with Crippen LogP contribution in [0.1, 0.15) is 48.7 Å². The number of nitrogens with zero attached hydrogens (tertiary/aromatic N) is 2. The van der Waals surface area contributed by atoms with Gasteiger partial charge in [-0.15, -0.1) is 16.4 Å². The number of rotatable bonds is 4. The number of thiophene rings is 1. The topological polar surface area (TPSA) is 51.8 Å². The molecule has 0 saturated heterocycles. The van der Waals surface area contributed by atoms with E-state index in [0.717, 1.165) is 23.4 Å². The molecule has 0 aliphatic carbocycles. The Morgan fingerprint density at radius 1 is 1.39 bits per heavy atom. The van der Waals surface area contributed by atoms with Crippen molar-refractivity contribution in [3.8, 4) is 0 Å². The molecular weight excluding hydrogens is 262 g/mol. The summed E-state index contributed by atoms with van der Waals surface area (Å²) in [5, 5.41) is 6.35. The zero-order valence-corrected chi connectivity index (χ0v) is 12.6. The minimum atomic E-state index is 0.0168. The predicted octanol–water partition coefficient (Wildman–Crippen LogP) is 3.53. The van der Waals surface area contributed by atoms with Crippen LogP contribution in [0.15, 0.2) is 17.5 Å². The van der Waals surface area contributed by atoms with Crippen LogP contribution in [0.3, 0.4) is 0 Å². The smallest absolute Gasteiger partial charge is 0.0856 e. The van der Waals surface area contributed by atoms with E-state index in [1.54, 1.807) is 11.3 Å². The molecule has 0 saturated carbocycles. The summed E-state index contributed by atoms with van der Waals surface area (Å²) >= 11 is 3.23. The number of aromatic nitrogens is 2. The normalized spacial score (nSPS) is 13.8. The van der Waals surface area contributed by atoms with E-state index in [-0.39, 0.29) is 11.5 Å². The third-order valence-electron chi connectivity index (χ3n) is 2.84. The van der Waals surface area contributed by atoms with Gasteiger partial charge >= 0.3 is 0 Å². The standard InChI is InChI=1S/C13H19N3S2/c1-13(2,3)12-11(18-16-15-12)10(14)7-6-9-5-4-8-17-9/h4-5,8,10H,6-7,14H2,1-3H3. The summed E-state index contributed by atoms with van der Waals surface area (Å²) in [6, 6.07) is 4.29. The summed E-state index contributed by atoms with van der Waals surface area (Å²) in [5.74, 6) is 0. The predicted molar refractivity (Wildman–Crippen MR) is 78.2 cm³/mol. The first-order chi connectivity index (χ1) is 8.48. The van der Waals surface area contributed by atoms with Crippen LogP contribution in [0.4, 0.5) is 0 Å². The van der Waals surface area contributed by atoms with Gasteiger partial charge in [-0.05, 0) is 35.8 Å². The molecule has 0 spiro atoms. The summed E-state index contributed by atoms with van der Waals surface area (Å²) in [5.41, 5.74) is 7.35. The lowest BCUT2D eigenvalue weighted by Crippen LogP contribution is -2.19. The van der Waals surface area contributed by atoms with Gasteiger partial charge in [-0.25, -0.2) is 0 Å². The van der Waals surface area contributed by atoms with Crippen molar-refractivity contribution in [2.75, 3.05) is 0 Å². The molecule has 1 unspecified atom stereocenters. The van der Waals surface area contributed by atoms with Gasteiger partial charge in [0.05, 0.1) is 10.6 Å². The Kier molecular flexibility index (Phi) is 4.14. The second-order valence-corrected chi connectivity index (χ2v) is 7.28. The summed E-state index contributed by atoms with van der Waals surface area (Å²) in [7, 11) is 0. The van der Waals surface area contributed by atoms with Crippen molar-refractivity contribution < 1.29 is 0 Å². The monoisotopic (exact) mass is 281 g/mol. The van der Waals surface area contributed by atoms with Gasteiger partial charge in [0.15, 0.2) is 0 Å². The number of hydrogen-bond acceptors (Lipinski definition) is 5. The van der Waals surface area contributed by atoms with Gasteiger partial charge in [-0.3, -0.25) is 0 Å². The van der Waals surface area contributed by atoms with Crippen molar-refractivity contribution in [3.05, 3.63) is 33.0 Å². The van der Waals surface area contributed by atoms with E-state index >= 15 is 0 Å². The quantitative estimate of drug-likeness (QED) is 0.932. The zero-order chi connectivity index (χ0) is 13.2. The molecule has 2 N–H and O–H groups in total. The molecule has 98 valence electrons. The Hall–Kier alpha value is -0.780. The van der Waals surface area contributed by atoms with Crippen LogP contribution in [0, 0.1) is 0 Å². The van der Waals surface area contributed by atoms with Crippen LogP contribution in [0.5, 0.6) is 0 Å². The molecular formula is C13H19N3S2. The molecule has 2 rings (SSSR count). The van der Waals surface area contributed by atoms with E-state index in [2.05, 4.69) is 47.9 Å². The lowest BCUT2D eigenvalue weighted by atomic mass is 9.89. The van der Waals surface area contributed by atoms with Crippen LogP contribution in [-0.4, -0.2) is 9.59 Å². The van der Waals surface area contributed by atoms with E-state index < -0.39 is 0 Å². The van der Waals surface area contributed by atoms with Crippen LogP contribution in [-0.2, 0) is 11.8 Å². The molecule has 0 fully saturated rings. The van der Waals surface area contributed by atoms with Crippen molar-refractivity contribution in [1.82, 2.24) is 9.59 Å². The third-order valence-corrected chi connectivity index (χ3v) is 4.63. The average Bonchev–Trinajstić information content (AvgIpc) is 2.95. The highest BCUT2D eigenvalue weighted by atomic mass is 32.1. The van der Waals surface area contributed by atoms with Crippen molar-refractivity contribution in [1.29, 1.82) is 0 Å². The average molecular weight is 281 g/mol. The SMILES string of the molecule is CC(C)(C)c1nnsc1C(N)CCc1cccs1. The Bertz CT molecular complexity index is 483. The van der Waals surface area contributed by atoms with Gasteiger partial charge in [0.25, 0.3) is 0 Å². The van der Waals surface area contributed by atoms with Gasteiger partial charge in [-0.1, -0.05) is 31.3 Å². The van der Waals surface area contributed by atoms with Gasteiger partial charge in [0.2, 0.25) is 0 Å². The Morgan fingerprint density at radius 3 is 2.78 bits per heavy atom. The van der Waals surface area contributed by atoms with Crippen LogP contribution >= 0.6 is 22.9 Å². The number of nitrogens with two attached hydrogens (primary N) is 1. The molecule has 18 heavy (non-hydrogen) atoms. The fourth-order valence-corrected chi connectivity index (χ4v) is 3.47. The van der Waals surface area contributed by atoms with Gasteiger partial charge in [0.1, 0.15) is 0 Å². The molecule has 0 bridgehead atoms. The first kappa shape index (κ1) is 13.6. The lowest BCUT2D eigenvalue weighted by Gasteiger charge is -2.19.